The van der Waals surface area contributed by atoms with Crippen molar-refractivity contribution < 1.29 is 0 Å². The van der Waals surface area contributed by atoms with Gasteiger partial charge in [-0.05, 0) is 19.3 Å². The summed E-state index contributed by atoms with van der Waals surface area (Å²) in [7, 11) is 0. The lowest BCUT2D eigenvalue weighted by Crippen LogP contribution is -2.21. The zero-order chi connectivity index (χ0) is 10.8. The Morgan fingerprint density at radius 3 is 2.64 bits per heavy atom. The fourth-order valence-electron chi connectivity index (χ4n) is 1.31. The van der Waals surface area contributed by atoms with Gasteiger partial charge < -0.3 is 0 Å². The van der Waals surface area contributed by atoms with E-state index in [9.17, 15) is 0 Å². The lowest BCUT2D eigenvalue weighted by atomic mass is 9.91. The van der Waals surface area contributed by atoms with E-state index in [1.54, 1.807) is 6.33 Å². The summed E-state index contributed by atoms with van der Waals surface area (Å²) >= 11 is 5.88. The molecule has 0 unspecified atom stereocenters. The van der Waals surface area contributed by atoms with E-state index in [0.717, 1.165) is 12.2 Å². The van der Waals surface area contributed by atoms with Crippen LogP contribution in [0.5, 0.6) is 0 Å². The van der Waals surface area contributed by atoms with Gasteiger partial charge in [0, 0.05) is 18.3 Å². The van der Waals surface area contributed by atoms with E-state index in [1.807, 2.05) is 4.68 Å². The Kier molecular flexibility index (Phi) is 3.53. The quantitative estimate of drug-likeness (QED) is 0.723. The van der Waals surface area contributed by atoms with E-state index in [0.29, 0.717) is 11.9 Å². The molecule has 0 aliphatic rings. The number of hydrogen-bond acceptors (Lipinski definition) is 2. The number of nitrogens with zero attached hydrogens (tertiary/aromatic N) is 3. The molecule has 80 valence electrons. The van der Waals surface area contributed by atoms with Crippen LogP contribution in [0, 0.1) is 5.41 Å². The second-order valence-corrected chi connectivity index (χ2v) is 4.96. The highest BCUT2D eigenvalue weighted by molar-refractivity contribution is 6.18. The van der Waals surface area contributed by atoms with Crippen molar-refractivity contribution in [3.63, 3.8) is 0 Å². The van der Waals surface area contributed by atoms with Gasteiger partial charge in [0.25, 0.3) is 0 Å². The van der Waals surface area contributed by atoms with Crippen molar-refractivity contribution >= 4 is 11.6 Å². The normalized spacial score (nSPS) is 12.4. The van der Waals surface area contributed by atoms with Crippen LogP contribution in [0.1, 0.15) is 39.6 Å². The molecule has 0 fully saturated rings. The summed E-state index contributed by atoms with van der Waals surface area (Å²) in [4.78, 5) is 4.26. The summed E-state index contributed by atoms with van der Waals surface area (Å²) in [6.07, 6.45) is 2.48. The van der Waals surface area contributed by atoms with Crippen molar-refractivity contribution in [1.29, 1.82) is 0 Å². The van der Waals surface area contributed by atoms with Crippen molar-refractivity contribution in [2.24, 2.45) is 5.41 Å². The Hall–Kier alpha value is -0.570. The molecule has 14 heavy (non-hydrogen) atoms. The van der Waals surface area contributed by atoms with Crippen LogP contribution in [0.4, 0.5) is 0 Å². The van der Waals surface area contributed by atoms with Gasteiger partial charge in [-0.2, -0.15) is 5.10 Å². The smallest absolute Gasteiger partial charge is 0.138 e. The molecule has 1 rings (SSSR count). The molecule has 0 saturated heterocycles. The summed E-state index contributed by atoms with van der Waals surface area (Å²) in [5.41, 5.74) is 0.0846. The Morgan fingerprint density at radius 2 is 2.14 bits per heavy atom. The monoisotopic (exact) mass is 215 g/mol. The van der Waals surface area contributed by atoms with Crippen LogP contribution < -0.4 is 0 Å². The Morgan fingerprint density at radius 1 is 1.50 bits per heavy atom. The average Bonchev–Trinajstić information content (AvgIpc) is 2.51. The van der Waals surface area contributed by atoms with Crippen LogP contribution >= 0.6 is 11.6 Å². The van der Waals surface area contributed by atoms with Crippen LogP contribution in [0.3, 0.4) is 0 Å². The van der Waals surface area contributed by atoms with Crippen LogP contribution in [-0.2, 0) is 6.42 Å². The topological polar surface area (TPSA) is 30.7 Å². The van der Waals surface area contributed by atoms with Gasteiger partial charge in [-0.25, -0.2) is 9.67 Å². The van der Waals surface area contributed by atoms with E-state index < -0.39 is 0 Å². The minimum atomic E-state index is 0.0846. The van der Waals surface area contributed by atoms with Gasteiger partial charge in [0.15, 0.2) is 0 Å². The minimum Gasteiger partial charge on any atom is -0.248 e. The molecule has 0 atom stereocenters. The Labute approximate surface area is 90.5 Å². The average molecular weight is 216 g/mol. The van der Waals surface area contributed by atoms with Crippen molar-refractivity contribution in [1.82, 2.24) is 14.8 Å². The summed E-state index contributed by atoms with van der Waals surface area (Å²) in [6.45, 7) is 8.48. The first-order valence-electron chi connectivity index (χ1n) is 4.90. The number of rotatable bonds is 4. The van der Waals surface area contributed by atoms with Crippen LogP contribution in [-0.4, -0.2) is 20.6 Å². The zero-order valence-corrected chi connectivity index (χ0v) is 10.0. The Balaban J connectivity index is 2.81. The first-order valence-corrected chi connectivity index (χ1v) is 5.44. The predicted molar refractivity (Wildman–Crippen MR) is 58.6 cm³/mol. The number of aromatic nitrogens is 3. The molecule has 0 saturated carbocycles. The molecule has 0 aliphatic carbocycles. The summed E-state index contributed by atoms with van der Waals surface area (Å²) < 4.78 is 1.95. The molecular formula is C10H18ClN3. The van der Waals surface area contributed by atoms with Gasteiger partial charge in [-0.3, -0.25) is 0 Å². The number of halogens is 1. The molecule has 0 aliphatic heterocycles. The maximum absolute atomic E-state index is 5.88. The van der Waals surface area contributed by atoms with Crippen molar-refractivity contribution in [2.45, 2.75) is 40.2 Å². The van der Waals surface area contributed by atoms with Gasteiger partial charge >= 0.3 is 0 Å². The van der Waals surface area contributed by atoms with E-state index in [1.165, 1.54) is 0 Å². The fraction of sp³-hybridized carbons (Fsp3) is 0.800. The lowest BCUT2D eigenvalue weighted by molar-refractivity contribution is 0.383. The highest BCUT2D eigenvalue weighted by Gasteiger charge is 2.21. The van der Waals surface area contributed by atoms with Crippen LogP contribution in [0.2, 0.25) is 0 Å². The second kappa shape index (κ2) is 4.30. The SMILES string of the molecule is CC(C)n1ncnc1CC(C)(C)CCl. The zero-order valence-electron chi connectivity index (χ0n) is 9.29. The molecule has 1 aromatic rings. The van der Waals surface area contributed by atoms with Gasteiger partial charge in [0.1, 0.15) is 12.2 Å². The van der Waals surface area contributed by atoms with Crippen molar-refractivity contribution in [3.05, 3.63) is 12.2 Å². The second-order valence-electron chi connectivity index (χ2n) is 4.69. The first-order chi connectivity index (χ1) is 6.46. The third kappa shape index (κ3) is 2.71. The number of alkyl halides is 1. The van der Waals surface area contributed by atoms with Crippen molar-refractivity contribution in [3.8, 4) is 0 Å². The summed E-state index contributed by atoms with van der Waals surface area (Å²) in [5.74, 6) is 1.66. The van der Waals surface area contributed by atoms with Crippen LogP contribution in [0.25, 0.3) is 0 Å². The third-order valence-corrected chi connectivity index (χ3v) is 2.86. The van der Waals surface area contributed by atoms with Gasteiger partial charge in [-0.15, -0.1) is 11.6 Å². The van der Waals surface area contributed by atoms with E-state index in [4.69, 9.17) is 11.6 Å². The molecule has 0 aromatic carbocycles. The minimum absolute atomic E-state index is 0.0846. The molecule has 0 bridgehead atoms. The largest absolute Gasteiger partial charge is 0.248 e. The highest BCUT2D eigenvalue weighted by Crippen LogP contribution is 2.23. The molecule has 1 aromatic heterocycles. The molecule has 3 nitrogen and oxygen atoms in total. The van der Waals surface area contributed by atoms with Gasteiger partial charge in [-0.1, -0.05) is 13.8 Å². The first kappa shape index (κ1) is 11.5. The molecule has 1 heterocycles. The summed E-state index contributed by atoms with van der Waals surface area (Å²) in [6, 6.07) is 0.360. The highest BCUT2D eigenvalue weighted by atomic mass is 35.5. The van der Waals surface area contributed by atoms with E-state index in [-0.39, 0.29) is 5.41 Å². The third-order valence-electron chi connectivity index (χ3n) is 2.13. The summed E-state index contributed by atoms with van der Waals surface area (Å²) in [5, 5.41) is 4.20. The van der Waals surface area contributed by atoms with Crippen LogP contribution in [0.15, 0.2) is 6.33 Å². The molecular weight excluding hydrogens is 198 g/mol. The Bertz CT molecular complexity index is 291. The van der Waals surface area contributed by atoms with Gasteiger partial charge in [0.2, 0.25) is 0 Å². The maximum atomic E-state index is 5.88. The molecule has 0 amide bonds. The van der Waals surface area contributed by atoms with E-state index >= 15 is 0 Å². The lowest BCUT2D eigenvalue weighted by Gasteiger charge is -2.21. The standard InChI is InChI=1S/C10H18ClN3/c1-8(2)14-9(12-7-13-14)5-10(3,4)6-11/h7-8H,5-6H2,1-4H3. The molecule has 0 N–H and O–H groups in total. The predicted octanol–water partition coefficient (Wildman–Crippen LogP) is 2.67. The molecule has 0 spiro atoms. The maximum Gasteiger partial charge on any atom is 0.138 e. The van der Waals surface area contributed by atoms with Gasteiger partial charge in [0.05, 0.1) is 0 Å². The molecule has 4 heteroatoms. The van der Waals surface area contributed by atoms with E-state index in [2.05, 4.69) is 37.8 Å². The number of hydrogen-bond donors (Lipinski definition) is 0. The molecule has 0 radical (unpaired) electrons. The fourth-order valence-corrected chi connectivity index (χ4v) is 1.40. The van der Waals surface area contributed by atoms with Crippen molar-refractivity contribution in [2.75, 3.05) is 5.88 Å².